The van der Waals surface area contributed by atoms with Crippen LogP contribution in [-0.4, -0.2) is 67.1 Å². The van der Waals surface area contributed by atoms with Crippen LogP contribution in [-0.2, 0) is 4.79 Å². The van der Waals surface area contributed by atoms with E-state index in [4.69, 9.17) is 4.74 Å². The van der Waals surface area contributed by atoms with E-state index < -0.39 is 23.2 Å². The molecular weight excluding hydrogens is 442 g/mol. The molecule has 4 rings (SSSR count). The van der Waals surface area contributed by atoms with Crippen LogP contribution in [0.4, 0.5) is 14.5 Å². The number of hydrogen-bond donors (Lipinski definition) is 2. The summed E-state index contributed by atoms with van der Waals surface area (Å²) in [4.78, 5) is 28.6. The van der Waals surface area contributed by atoms with Gasteiger partial charge in [-0.3, -0.25) is 14.5 Å². The van der Waals surface area contributed by atoms with E-state index in [9.17, 15) is 14.0 Å². The number of benzene rings is 2. The smallest absolute Gasteiger partial charge is 0.253 e. The van der Waals surface area contributed by atoms with Crippen LogP contribution in [0.2, 0.25) is 0 Å². The lowest BCUT2D eigenvalue weighted by molar-refractivity contribution is -0.128. The number of nitrogens with one attached hydrogen (secondary N) is 2. The van der Waals surface area contributed by atoms with Gasteiger partial charge in [0.25, 0.3) is 5.91 Å². The second kappa shape index (κ2) is 9.06. The fourth-order valence-corrected chi connectivity index (χ4v) is 4.70. The van der Waals surface area contributed by atoms with E-state index in [1.807, 2.05) is 6.92 Å². The Morgan fingerprint density at radius 3 is 2.56 bits per heavy atom. The molecule has 2 N–H and O–H groups in total. The summed E-state index contributed by atoms with van der Waals surface area (Å²) >= 11 is 0. The summed E-state index contributed by atoms with van der Waals surface area (Å²) in [5.74, 6) is -1.69. The molecule has 0 bridgehead atoms. The molecule has 1 atom stereocenters. The average Bonchev–Trinajstić information content (AvgIpc) is 2.97. The summed E-state index contributed by atoms with van der Waals surface area (Å²) in [6.45, 7) is 9.27. The van der Waals surface area contributed by atoms with Gasteiger partial charge in [-0.2, -0.15) is 0 Å². The summed E-state index contributed by atoms with van der Waals surface area (Å²) in [7, 11) is 1.40. The third-order valence-electron chi connectivity index (χ3n) is 6.60. The van der Waals surface area contributed by atoms with Crippen molar-refractivity contribution >= 4 is 17.5 Å². The highest BCUT2D eigenvalue weighted by atomic mass is 19.1. The summed E-state index contributed by atoms with van der Waals surface area (Å²) in [6, 6.07) is 5.87. The van der Waals surface area contributed by atoms with E-state index in [1.165, 1.54) is 25.3 Å². The molecule has 2 heterocycles. The van der Waals surface area contributed by atoms with Gasteiger partial charge in [0.2, 0.25) is 5.91 Å². The first-order valence-corrected chi connectivity index (χ1v) is 11.1. The Hall–Kier alpha value is -3.46. The molecule has 1 unspecified atom stereocenters. The fourth-order valence-electron chi connectivity index (χ4n) is 4.70. The molecule has 34 heavy (non-hydrogen) atoms. The van der Waals surface area contributed by atoms with Crippen molar-refractivity contribution in [1.82, 2.24) is 15.1 Å². The average molecular weight is 471 g/mol. The molecule has 7 nitrogen and oxygen atoms in total. The van der Waals surface area contributed by atoms with Crippen LogP contribution in [0.25, 0.3) is 11.1 Å². The maximum atomic E-state index is 16.1. The van der Waals surface area contributed by atoms with Crippen molar-refractivity contribution in [1.29, 1.82) is 0 Å². The van der Waals surface area contributed by atoms with E-state index >= 15 is 4.39 Å². The minimum atomic E-state index is -0.836. The highest BCUT2D eigenvalue weighted by Crippen LogP contribution is 2.41. The van der Waals surface area contributed by atoms with Crippen molar-refractivity contribution in [3.8, 4) is 16.9 Å². The van der Waals surface area contributed by atoms with Gasteiger partial charge in [-0.1, -0.05) is 12.6 Å². The molecule has 0 aliphatic carbocycles. The number of anilines is 1. The molecule has 0 aromatic heterocycles. The Morgan fingerprint density at radius 1 is 1.21 bits per heavy atom. The topological polar surface area (TPSA) is 73.9 Å². The Labute approximate surface area is 197 Å². The molecular formula is C25H28F2N4O3. The summed E-state index contributed by atoms with van der Waals surface area (Å²) < 4.78 is 36.3. The Morgan fingerprint density at radius 2 is 1.91 bits per heavy atom. The monoisotopic (exact) mass is 470 g/mol. The molecule has 2 aromatic carbocycles. The Bertz CT molecular complexity index is 1160. The minimum absolute atomic E-state index is 0.00695. The molecule has 0 radical (unpaired) electrons. The molecule has 2 aromatic rings. The third kappa shape index (κ3) is 4.00. The van der Waals surface area contributed by atoms with Gasteiger partial charge >= 0.3 is 0 Å². The zero-order chi connectivity index (χ0) is 24.6. The van der Waals surface area contributed by atoms with Crippen LogP contribution >= 0.6 is 0 Å². The standard InChI is InChI=1S/C25H28F2N4O3/c1-5-19(32)30-9-11-31(12-10-30)25(3)14-28-24(33)16-13-15(2)20(22(27)23(16)29-25)21-17(26)7-6-8-18(21)34-4/h5-8,13,29H,1,9-12,14H2,2-4H3,(H,28,33). The largest absolute Gasteiger partial charge is 0.496 e. The van der Waals surface area contributed by atoms with Gasteiger partial charge in [-0.25, -0.2) is 8.78 Å². The molecule has 9 heteroatoms. The lowest BCUT2D eigenvalue weighted by atomic mass is 9.94. The van der Waals surface area contributed by atoms with Gasteiger partial charge in [0.1, 0.15) is 17.2 Å². The minimum Gasteiger partial charge on any atom is -0.496 e. The lowest BCUT2D eigenvalue weighted by Gasteiger charge is -2.46. The number of methoxy groups -OCH3 is 1. The second-order valence-corrected chi connectivity index (χ2v) is 8.72. The number of carbonyl (C=O) groups excluding carboxylic acids is 2. The maximum Gasteiger partial charge on any atom is 0.253 e. The van der Waals surface area contributed by atoms with E-state index in [1.54, 1.807) is 24.0 Å². The van der Waals surface area contributed by atoms with Gasteiger partial charge in [0.05, 0.1) is 30.5 Å². The predicted molar refractivity (Wildman–Crippen MR) is 126 cm³/mol. The van der Waals surface area contributed by atoms with Crippen molar-refractivity contribution in [3.05, 3.63) is 59.7 Å². The number of hydrogen-bond acceptors (Lipinski definition) is 5. The van der Waals surface area contributed by atoms with E-state index in [-0.39, 0.29) is 40.6 Å². The quantitative estimate of drug-likeness (QED) is 0.672. The maximum absolute atomic E-state index is 16.1. The van der Waals surface area contributed by atoms with E-state index in [0.29, 0.717) is 31.7 Å². The zero-order valence-corrected chi connectivity index (χ0v) is 19.5. The van der Waals surface area contributed by atoms with E-state index in [0.717, 1.165) is 0 Å². The molecule has 1 fully saturated rings. The highest BCUT2D eigenvalue weighted by Gasteiger charge is 2.39. The number of piperazine rings is 1. The van der Waals surface area contributed by atoms with Gasteiger partial charge in [-0.15, -0.1) is 0 Å². The molecule has 0 saturated carbocycles. The van der Waals surface area contributed by atoms with Crippen LogP contribution < -0.4 is 15.4 Å². The first-order valence-electron chi connectivity index (χ1n) is 11.1. The Kier molecular flexibility index (Phi) is 6.31. The Balaban J connectivity index is 1.76. The first-order chi connectivity index (χ1) is 16.2. The summed E-state index contributed by atoms with van der Waals surface area (Å²) in [5, 5.41) is 6.11. The molecule has 180 valence electrons. The van der Waals surface area contributed by atoms with Crippen molar-refractivity contribution < 1.29 is 23.1 Å². The van der Waals surface area contributed by atoms with Crippen LogP contribution in [0.1, 0.15) is 22.8 Å². The number of amides is 2. The number of aryl methyl sites for hydroxylation is 1. The normalized spacial score (nSPS) is 20.6. The molecule has 2 amide bonds. The number of rotatable bonds is 4. The predicted octanol–water partition coefficient (Wildman–Crippen LogP) is 3.15. The SMILES string of the molecule is C=CC(=O)N1CCN(C2(C)CNC(=O)c3cc(C)c(-c4c(F)cccc4OC)c(F)c3N2)CC1. The van der Waals surface area contributed by atoms with Gasteiger partial charge in [0.15, 0.2) is 5.82 Å². The molecule has 1 saturated heterocycles. The van der Waals surface area contributed by atoms with Gasteiger partial charge in [-0.05, 0) is 43.7 Å². The molecule has 2 aliphatic rings. The third-order valence-corrected chi connectivity index (χ3v) is 6.60. The van der Waals surface area contributed by atoms with E-state index in [2.05, 4.69) is 22.1 Å². The van der Waals surface area contributed by atoms with Crippen molar-refractivity contribution in [2.45, 2.75) is 19.5 Å². The molecule has 0 spiro atoms. The highest BCUT2D eigenvalue weighted by molar-refractivity contribution is 6.02. The number of carbonyl (C=O) groups is 2. The van der Waals surface area contributed by atoms with Crippen LogP contribution in [0.15, 0.2) is 36.9 Å². The van der Waals surface area contributed by atoms with Crippen molar-refractivity contribution in [2.24, 2.45) is 0 Å². The zero-order valence-electron chi connectivity index (χ0n) is 19.5. The first kappa shape index (κ1) is 23.7. The van der Waals surface area contributed by atoms with Crippen molar-refractivity contribution in [2.75, 3.05) is 45.2 Å². The van der Waals surface area contributed by atoms with Gasteiger partial charge in [0, 0.05) is 31.7 Å². The van der Waals surface area contributed by atoms with Gasteiger partial charge < -0.3 is 20.3 Å². The summed E-state index contributed by atoms with van der Waals surface area (Å²) in [6.07, 6.45) is 1.29. The number of ether oxygens (including phenoxy) is 1. The number of halogens is 2. The van der Waals surface area contributed by atoms with Crippen LogP contribution in [0.5, 0.6) is 5.75 Å². The van der Waals surface area contributed by atoms with Crippen molar-refractivity contribution in [3.63, 3.8) is 0 Å². The lowest BCUT2D eigenvalue weighted by Crippen LogP contribution is -2.63. The van der Waals surface area contributed by atoms with Crippen LogP contribution in [0, 0.1) is 18.6 Å². The van der Waals surface area contributed by atoms with Crippen LogP contribution in [0.3, 0.4) is 0 Å². The fraction of sp³-hybridized carbons (Fsp3) is 0.360. The summed E-state index contributed by atoms with van der Waals surface area (Å²) in [5.41, 5.74) is -0.216. The number of nitrogens with zero attached hydrogens (tertiary/aromatic N) is 2. The number of fused-ring (bicyclic) bond motifs is 1. The molecule has 2 aliphatic heterocycles. The second-order valence-electron chi connectivity index (χ2n) is 8.72.